The number of hydrogen-bond acceptors (Lipinski definition) is 19. The Hall–Kier alpha value is -3.33. The van der Waals surface area contributed by atoms with Crippen molar-refractivity contribution < 1.29 is 79.8 Å². The van der Waals surface area contributed by atoms with Gasteiger partial charge in [-0.05, 0) is 6.92 Å². The molecule has 0 radical (unpaired) electrons. The van der Waals surface area contributed by atoms with Crippen molar-refractivity contribution >= 4 is 51.7 Å². The molecule has 0 spiro atoms. The number of aromatic amines is 2. The first-order valence-electron chi connectivity index (χ1n) is 15.4. The molecule has 5 unspecified atom stereocenters. The number of rotatable bonds is 14. The summed E-state index contributed by atoms with van der Waals surface area (Å²) in [5, 5.41) is 21.8. The molecule has 298 valence electrons. The summed E-state index contributed by atoms with van der Waals surface area (Å²) >= 11 is 0. The molecule has 6 heterocycles. The lowest BCUT2D eigenvalue weighted by molar-refractivity contribution is -0.646. The van der Waals surface area contributed by atoms with Gasteiger partial charge in [0.1, 0.15) is 42.4 Å². The van der Waals surface area contributed by atoms with Crippen LogP contribution in [0.25, 0.3) is 22.3 Å². The summed E-state index contributed by atoms with van der Waals surface area (Å²) in [6.45, 7) is -0.331. The summed E-state index contributed by atoms with van der Waals surface area (Å²) in [6, 6.07) is 0. The summed E-state index contributed by atoms with van der Waals surface area (Å²) in [6.07, 6.45) is -8.23. The monoisotopic (exact) mass is 830 g/mol. The Kier molecular flexibility index (Phi) is 11.2. The van der Waals surface area contributed by atoms with Crippen LogP contribution in [0.2, 0.25) is 0 Å². The highest BCUT2D eigenvalue weighted by Gasteiger charge is 2.51. The average molecular weight is 831 g/mol. The van der Waals surface area contributed by atoms with E-state index in [1.807, 2.05) is 0 Å². The first-order valence-corrected chi connectivity index (χ1v) is 19.9. The molecule has 27 nitrogen and oxygen atoms in total. The molecule has 0 saturated carbocycles. The van der Waals surface area contributed by atoms with Gasteiger partial charge in [-0.3, -0.25) is 28.2 Å². The van der Waals surface area contributed by atoms with Crippen LogP contribution in [0.5, 0.6) is 0 Å². The van der Waals surface area contributed by atoms with E-state index >= 15 is 0 Å². The molecular formula is C24H35N9O18P3+. The van der Waals surface area contributed by atoms with Gasteiger partial charge in [-0.15, -0.1) is 0 Å². The molecule has 0 amide bonds. The second-order valence-electron chi connectivity index (χ2n) is 11.9. The van der Waals surface area contributed by atoms with Crippen molar-refractivity contribution in [3.05, 3.63) is 39.2 Å². The van der Waals surface area contributed by atoms with Gasteiger partial charge in [-0.1, -0.05) is 0 Å². The highest BCUT2D eigenvalue weighted by molar-refractivity contribution is 7.66. The maximum absolute atomic E-state index is 12.7. The maximum Gasteiger partial charge on any atom is 0.490 e. The standard InChI is InChI=1S/C24H34N9O18P3/c1-9-27-18-12(20(36)28-9)26-7-32(18)22-14(34)16(44-3)10(48-22)5-46-52(38,39)50-54(42,43)51-53(40,41)47-6-11-17(45-4)15(35)23(49-11)33-8-31(2)13-19(33)29-24(25)30-21(13)37/h7-8,10-11,14-17,22-23,34-35H,5-6H2,1-4H3,(H6-,25,27,28,29,30,36,37,38,39,40,41,42,43)/p+1/t10-,11-,14+,15+,16?,17?,22-,23-/m1/s1. The first kappa shape index (κ1) is 40.3. The molecule has 2 saturated heterocycles. The van der Waals surface area contributed by atoms with E-state index in [1.165, 1.54) is 54.5 Å². The predicted octanol–water partition coefficient (Wildman–Crippen LogP) is -2.51. The molecule has 6 rings (SSSR count). The second kappa shape index (κ2) is 15.0. The number of anilines is 1. The quantitative estimate of drug-likeness (QED) is 0.0480. The van der Waals surface area contributed by atoms with Gasteiger partial charge in [0.05, 0.1) is 26.6 Å². The summed E-state index contributed by atoms with van der Waals surface area (Å²) in [5.41, 5.74) is 4.57. The lowest BCUT2D eigenvalue weighted by atomic mass is 10.1. The van der Waals surface area contributed by atoms with Gasteiger partial charge in [0.25, 0.3) is 16.7 Å². The van der Waals surface area contributed by atoms with Crippen molar-refractivity contribution in [1.29, 1.82) is 0 Å². The number of nitrogens with zero attached hydrogens (tertiary/aromatic N) is 6. The van der Waals surface area contributed by atoms with Gasteiger partial charge in [0.2, 0.25) is 18.5 Å². The number of phosphoric ester groups is 2. The number of nitrogens with one attached hydrogen (secondary N) is 2. The number of ether oxygens (including phenoxy) is 4. The van der Waals surface area contributed by atoms with Crippen LogP contribution in [-0.2, 0) is 57.4 Å². The Morgan fingerprint density at radius 2 is 1.39 bits per heavy atom. The third kappa shape index (κ3) is 7.99. The van der Waals surface area contributed by atoms with E-state index in [2.05, 4.69) is 33.5 Å². The molecule has 4 aromatic heterocycles. The molecule has 4 aromatic rings. The van der Waals surface area contributed by atoms with Crippen LogP contribution < -0.4 is 21.4 Å². The first-order chi connectivity index (χ1) is 25.2. The zero-order valence-electron chi connectivity index (χ0n) is 28.3. The topological polar surface area (TPSA) is 370 Å². The van der Waals surface area contributed by atoms with Gasteiger partial charge in [0.15, 0.2) is 17.4 Å². The molecular weight excluding hydrogens is 795 g/mol. The Morgan fingerprint density at radius 1 is 0.852 bits per heavy atom. The van der Waals surface area contributed by atoms with Crippen LogP contribution in [0.4, 0.5) is 5.95 Å². The Labute approximate surface area is 301 Å². The van der Waals surface area contributed by atoms with E-state index in [9.17, 15) is 48.2 Å². The van der Waals surface area contributed by atoms with Crippen molar-refractivity contribution in [2.75, 3.05) is 33.2 Å². The van der Waals surface area contributed by atoms with Crippen LogP contribution in [0.1, 0.15) is 18.3 Å². The van der Waals surface area contributed by atoms with Crippen LogP contribution >= 0.6 is 23.5 Å². The van der Waals surface area contributed by atoms with E-state index in [-0.39, 0.29) is 34.1 Å². The van der Waals surface area contributed by atoms with Crippen molar-refractivity contribution in [2.45, 2.75) is 56.0 Å². The normalized spacial score (nSPS) is 29.4. The van der Waals surface area contributed by atoms with Crippen molar-refractivity contribution in [3.8, 4) is 0 Å². The number of hydrogen-bond donors (Lipinski definition) is 8. The van der Waals surface area contributed by atoms with Crippen molar-refractivity contribution in [1.82, 2.24) is 34.1 Å². The molecule has 0 aliphatic carbocycles. The zero-order chi connectivity index (χ0) is 39.5. The number of aromatic nitrogens is 8. The summed E-state index contributed by atoms with van der Waals surface area (Å²) < 4.78 is 81.7. The van der Waals surface area contributed by atoms with E-state index in [1.54, 1.807) is 0 Å². The van der Waals surface area contributed by atoms with E-state index in [0.29, 0.717) is 0 Å². The largest absolute Gasteiger partial charge is 0.490 e. The summed E-state index contributed by atoms with van der Waals surface area (Å²) in [4.78, 5) is 72.2. The SMILES string of the molecule is COC1[C@@H](COP(=O)(O)OP(=O)(O)OP(=O)(O)OC[C@H]2O[C@@H](n3c[n+](C)c4c(=O)[nH]c(N)nc43)[C@@H](O)C2OC)O[C@@H](n2cnc3c(=O)[nH]c(C)nc32)[C@H]1O. The molecule has 11 atom stereocenters. The minimum absolute atomic E-state index is 0.00891. The summed E-state index contributed by atoms with van der Waals surface area (Å²) in [5.74, 6) is -0.00418. The number of nitrogens with two attached hydrogens (primary N) is 1. The van der Waals surface area contributed by atoms with Crippen LogP contribution in [0.3, 0.4) is 0 Å². The minimum atomic E-state index is -5.94. The number of aryl methyl sites for hydroxylation is 2. The minimum Gasteiger partial charge on any atom is -0.386 e. The number of fused-ring (bicyclic) bond motifs is 2. The lowest BCUT2D eigenvalue weighted by Gasteiger charge is -2.22. The Bertz CT molecular complexity index is 2310. The molecule has 54 heavy (non-hydrogen) atoms. The van der Waals surface area contributed by atoms with E-state index in [0.717, 1.165) is 0 Å². The van der Waals surface area contributed by atoms with Crippen LogP contribution in [-0.4, -0.2) is 123 Å². The van der Waals surface area contributed by atoms with Crippen LogP contribution in [0, 0.1) is 6.92 Å². The third-order valence-electron chi connectivity index (χ3n) is 8.27. The fourth-order valence-corrected chi connectivity index (χ4v) is 9.61. The Balaban J connectivity index is 1.07. The van der Waals surface area contributed by atoms with E-state index < -0.39 is 96.9 Å². The third-order valence-corrected chi connectivity index (χ3v) is 12.5. The fraction of sp³-hybridized carbons (Fsp3) is 0.583. The smallest absolute Gasteiger partial charge is 0.386 e. The highest BCUT2D eigenvalue weighted by Crippen LogP contribution is 2.68. The number of aliphatic hydroxyl groups excluding tert-OH is 2. The van der Waals surface area contributed by atoms with Crippen LogP contribution in [0.15, 0.2) is 22.2 Å². The number of aliphatic hydroxyl groups is 2. The molecule has 2 aliphatic heterocycles. The number of H-pyrrole nitrogens is 2. The van der Waals surface area contributed by atoms with Gasteiger partial charge >= 0.3 is 29.0 Å². The molecule has 9 N–H and O–H groups in total. The zero-order valence-corrected chi connectivity index (χ0v) is 31.0. The van der Waals surface area contributed by atoms with Crippen molar-refractivity contribution in [3.63, 3.8) is 0 Å². The van der Waals surface area contributed by atoms with Gasteiger partial charge in [-0.25, -0.2) is 28.2 Å². The lowest BCUT2D eigenvalue weighted by Crippen LogP contribution is -2.35. The average Bonchev–Trinajstić information content (AvgIpc) is 3.79. The maximum atomic E-state index is 12.7. The second-order valence-corrected chi connectivity index (χ2v) is 16.5. The number of phosphoric acid groups is 3. The molecule has 0 aromatic carbocycles. The highest BCUT2D eigenvalue weighted by atomic mass is 31.3. The van der Waals surface area contributed by atoms with Gasteiger partial charge in [0, 0.05) is 14.2 Å². The predicted molar refractivity (Wildman–Crippen MR) is 174 cm³/mol. The van der Waals surface area contributed by atoms with Gasteiger partial charge < -0.3 is 54.6 Å². The summed E-state index contributed by atoms with van der Waals surface area (Å²) in [7, 11) is -13.3. The molecule has 30 heteroatoms. The molecule has 2 fully saturated rings. The van der Waals surface area contributed by atoms with Gasteiger partial charge in [-0.2, -0.15) is 18.2 Å². The van der Waals surface area contributed by atoms with Crippen molar-refractivity contribution in [2.24, 2.45) is 7.05 Å². The Morgan fingerprint density at radius 3 is 1.93 bits per heavy atom. The molecule has 2 aliphatic rings. The van der Waals surface area contributed by atoms with E-state index in [4.69, 9.17) is 33.7 Å². The molecule has 0 bridgehead atoms. The number of nitrogen functional groups attached to an aromatic ring is 1. The number of imidazole rings is 2. The number of methoxy groups -OCH3 is 2. The fourth-order valence-electron chi connectivity index (χ4n) is 6.08.